The highest BCUT2D eigenvalue weighted by molar-refractivity contribution is 6.03. The summed E-state index contributed by atoms with van der Waals surface area (Å²) in [5.41, 5.74) is 0.314. The van der Waals surface area contributed by atoms with Gasteiger partial charge in [0, 0.05) is 12.5 Å². The number of rotatable bonds is 2. The predicted octanol–water partition coefficient (Wildman–Crippen LogP) is 3.26. The molecule has 0 spiro atoms. The van der Waals surface area contributed by atoms with Crippen molar-refractivity contribution in [3.63, 3.8) is 0 Å². The minimum Gasteiger partial charge on any atom is -0.497 e. The summed E-state index contributed by atoms with van der Waals surface area (Å²) in [6.07, 6.45) is 8.44. The Kier molecular flexibility index (Phi) is 12.0. The lowest BCUT2D eigenvalue weighted by molar-refractivity contribution is -0.114. The molecular weight excluding hydrogens is 418 g/mol. The second kappa shape index (κ2) is 13.3. The number of fused-ring (bicyclic) bond motifs is 1. The van der Waals surface area contributed by atoms with E-state index in [1.807, 2.05) is 6.08 Å². The third-order valence-electron chi connectivity index (χ3n) is 4.13. The van der Waals surface area contributed by atoms with Gasteiger partial charge >= 0.3 is 12.1 Å². The van der Waals surface area contributed by atoms with Crippen LogP contribution in [0.4, 0.5) is 10.5 Å². The molecule has 0 saturated carbocycles. The van der Waals surface area contributed by atoms with Crippen LogP contribution in [0.15, 0.2) is 30.4 Å². The van der Waals surface area contributed by atoms with Gasteiger partial charge in [-0.25, -0.2) is 9.59 Å². The minimum absolute atomic E-state index is 0. The van der Waals surface area contributed by atoms with E-state index in [9.17, 15) is 14.4 Å². The fourth-order valence-electron chi connectivity index (χ4n) is 2.82. The number of ether oxygens (including phenoxy) is 3. The highest BCUT2D eigenvalue weighted by Gasteiger charge is 2.23. The van der Waals surface area contributed by atoms with Crippen LogP contribution >= 0.6 is 0 Å². The maximum Gasteiger partial charge on any atom is 0.412 e. The number of cyclic esters (lactones) is 1. The normalized spacial score (nSPS) is 16.6. The van der Waals surface area contributed by atoms with E-state index < -0.39 is 17.7 Å². The summed E-state index contributed by atoms with van der Waals surface area (Å²) in [5, 5.41) is 2.64. The first-order valence-electron chi connectivity index (χ1n) is 9.94. The molecule has 9 nitrogen and oxygen atoms in total. The molecule has 178 valence electrons. The summed E-state index contributed by atoms with van der Waals surface area (Å²) in [5.74, 6) is -0.0608. The Morgan fingerprint density at radius 2 is 1.75 bits per heavy atom. The van der Waals surface area contributed by atoms with E-state index in [4.69, 9.17) is 14.2 Å². The lowest BCUT2D eigenvalue weighted by Gasteiger charge is -2.21. The average molecular weight is 452 g/mol. The number of ketones is 1. The molecule has 32 heavy (non-hydrogen) atoms. The van der Waals surface area contributed by atoms with Crippen molar-refractivity contribution in [2.24, 2.45) is 0 Å². The molecule has 0 bridgehead atoms. The molecule has 0 fully saturated rings. The van der Waals surface area contributed by atoms with Crippen molar-refractivity contribution in [3.05, 3.63) is 41.5 Å². The van der Waals surface area contributed by atoms with E-state index in [1.165, 1.54) is 13.2 Å². The zero-order chi connectivity index (χ0) is 22.1. The number of amides is 1. The van der Waals surface area contributed by atoms with Crippen molar-refractivity contribution in [1.29, 1.82) is 0 Å². The van der Waals surface area contributed by atoms with E-state index in [1.54, 1.807) is 45.1 Å². The number of hydrogen-bond donors (Lipinski definition) is 1. The van der Waals surface area contributed by atoms with Gasteiger partial charge in [0.05, 0.1) is 25.0 Å². The lowest BCUT2D eigenvalue weighted by atomic mass is 10.0. The molecule has 5 N–H and O–H groups in total. The van der Waals surface area contributed by atoms with Gasteiger partial charge < -0.3 is 25.2 Å². The summed E-state index contributed by atoms with van der Waals surface area (Å²) in [6, 6.07) is 3.25. The molecule has 0 aromatic heterocycles. The Bertz CT molecular complexity index is 852. The van der Waals surface area contributed by atoms with Gasteiger partial charge in [0.2, 0.25) is 0 Å². The number of esters is 1. The molecule has 1 heterocycles. The molecule has 0 unspecified atom stereocenters. The van der Waals surface area contributed by atoms with Crippen LogP contribution in [-0.4, -0.2) is 48.1 Å². The van der Waals surface area contributed by atoms with Gasteiger partial charge in [-0.3, -0.25) is 10.1 Å². The summed E-state index contributed by atoms with van der Waals surface area (Å²) < 4.78 is 16.0. The maximum atomic E-state index is 12.8. The van der Waals surface area contributed by atoms with Gasteiger partial charge in [0.25, 0.3) is 0 Å². The standard InChI is InChI=1S/C23H29NO6.2H2O/c1-23(2,3)30-22(27)24-19-15-18(28-4)14-16-10-6-5-7-11-17(25)12-8-9-13-29-21(26)20(16)19;;/h6,8,10,12,14-15H,5,7,9,11,13H2,1-4H3,(H,24,27);2*1H2/b10-6+,12-8-;;. The SMILES string of the molecule is COc1cc2c(c(NC(=O)OC(C)(C)C)c1)C(=O)OCC/C=C\C(=O)CCC/C=C/2.O.O. The first-order chi connectivity index (χ1) is 14.2. The highest BCUT2D eigenvalue weighted by Crippen LogP contribution is 2.30. The first-order valence-corrected chi connectivity index (χ1v) is 9.94. The van der Waals surface area contributed by atoms with E-state index in [0.717, 1.165) is 0 Å². The van der Waals surface area contributed by atoms with Crippen LogP contribution in [0.5, 0.6) is 5.75 Å². The molecule has 1 aliphatic rings. The van der Waals surface area contributed by atoms with Gasteiger partial charge in [-0.05, 0) is 57.7 Å². The number of methoxy groups -OCH3 is 1. The van der Waals surface area contributed by atoms with Crippen LogP contribution in [0.25, 0.3) is 6.08 Å². The molecule has 0 saturated heterocycles. The maximum absolute atomic E-state index is 12.8. The third kappa shape index (κ3) is 9.32. The van der Waals surface area contributed by atoms with Crippen molar-refractivity contribution in [1.82, 2.24) is 0 Å². The van der Waals surface area contributed by atoms with Gasteiger partial charge in [-0.15, -0.1) is 0 Å². The Hall–Kier alpha value is -3.17. The van der Waals surface area contributed by atoms with Crippen LogP contribution in [0.3, 0.4) is 0 Å². The number of benzene rings is 1. The van der Waals surface area contributed by atoms with Gasteiger partial charge in [-0.2, -0.15) is 0 Å². The van der Waals surface area contributed by atoms with Crippen LogP contribution in [0.2, 0.25) is 0 Å². The van der Waals surface area contributed by atoms with E-state index >= 15 is 0 Å². The second-order valence-electron chi connectivity index (χ2n) is 7.85. The molecular formula is C23H33NO8. The van der Waals surface area contributed by atoms with Crippen LogP contribution in [0.1, 0.15) is 62.4 Å². The lowest BCUT2D eigenvalue weighted by Crippen LogP contribution is -2.28. The number of carbonyl (C=O) groups excluding carboxylic acids is 3. The number of nitrogens with one attached hydrogen (secondary N) is 1. The van der Waals surface area contributed by atoms with E-state index in [2.05, 4.69) is 5.32 Å². The number of anilines is 1. The number of allylic oxidation sites excluding steroid dienone is 2. The Morgan fingerprint density at radius 3 is 2.41 bits per heavy atom. The molecule has 1 aromatic carbocycles. The zero-order valence-electron chi connectivity index (χ0n) is 18.9. The van der Waals surface area contributed by atoms with Crippen molar-refractivity contribution in [3.8, 4) is 5.75 Å². The smallest absolute Gasteiger partial charge is 0.412 e. The van der Waals surface area contributed by atoms with Crippen LogP contribution < -0.4 is 10.1 Å². The molecule has 1 aromatic rings. The molecule has 1 amide bonds. The first kappa shape index (κ1) is 28.8. The zero-order valence-corrected chi connectivity index (χ0v) is 18.9. The molecule has 2 rings (SSSR count). The van der Waals surface area contributed by atoms with Crippen LogP contribution in [0, 0.1) is 0 Å². The fourth-order valence-corrected chi connectivity index (χ4v) is 2.82. The quantitative estimate of drug-likeness (QED) is 0.681. The topological polar surface area (TPSA) is 154 Å². The minimum atomic E-state index is -0.691. The second-order valence-corrected chi connectivity index (χ2v) is 7.85. The van der Waals surface area contributed by atoms with E-state index in [-0.39, 0.29) is 34.6 Å². The molecule has 1 aliphatic heterocycles. The number of hydrogen-bond acceptors (Lipinski definition) is 6. The Balaban J connectivity index is 0.00000480. The van der Waals surface area contributed by atoms with Crippen molar-refractivity contribution in [2.45, 2.75) is 52.1 Å². The van der Waals surface area contributed by atoms with E-state index in [0.29, 0.717) is 37.0 Å². The summed E-state index contributed by atoms with van der Waals surface area (Å²) in [7, 11) is 1.50. The van der Waals surface area contributed by atoms with Crippen molar-refractivity contribution in [2.75, 3.05) is 19.0 Å². The Morgan fingerprint density at radius 1 is 1.06 bits per heavy atom. The summed E-state index contributed by atoms with van der Waals surface area (Å²) in [6.45, 7) is 5.38. The van der Waals surface area contributed by atoms with Crippen LogP contribution in [-0.2, 0) is 14.3 Å². The summed E-state index contributed by atoms with van der Waals surface area (Å²) >= 11 is 0. The molecule has 0 atom stereocenters. The monoisotopic (exact) mass is 451 g/mol. The number of carbonyl (C=O) groups is 3. The summed E-state index contributed by atoms with van der Waals surface area (Å²) in [4.78, 5) is 36.9. The molecule has 0 aliphatic carbocycles. The predicted molar refractivity (Wildman–Crippen MR) is 122 cm³/mol. The molecule has 9 heteroatoms. The third-order valence-corrected chi connectivity index (χ3v) is 4.13. The van der Waals surface area contributed by atoms with Crippen molar-refractivity contribution < 1.29 is 39.5 Å². The highest BCUT2D eigenvalue weighted by atomic mass is 16.6. The fraction of sp³-hybridized carbons (Fsp3) is 0.435. The Labute approximate surface area is 188 Å². The van der Waals surface area contributed by atoms with Crippen molar-refractivity contribution >= 4 is 29.6 Å². The average Bonchev–Trinajstić information content (AvgIpc) is 2.64. The van der Waals surface area contributed by atoms with Gasteiger partial charge in [0.15, 0.2) is 5.78 Å². The molecule has 0 radical (unpaired) electrons. The van der Waals surface area contributed by atoms with Gasteiger partial charge in [0.1, 0.15) is 11.4 Å². The van der Waals surface area contributed by atoms with Gasteiger partial charge in [-0.1, -0.05) is 18.2 Å². The largest absolute Gasteiger partial charge is 0.497 e.